The molecular formula is C17H18O3S. The molecule has 1 aromatic rings. The summed E-state index contributed by atoms with van der Waals surface area (Å²) in [5, 5.41) is 0.325. The first kappa shape index (κ1) is 14.3. The molecule has 3 rings (SSSR count). The topological polar surface area (TPSA) is 35.5 Å². The molecule has 2 aliphatic rings. The van der Waals surface area contributed by atoms with Crippen LogP contribution in [0.25, 0.3) is 0 Å². The van der Waals surface area contributed by atoms with Crippen molar-refractivity contribution in [2.45, 2.75) is 18.1 Å². The van der Waals surface area contributed by atoms with Crippen LogP contribution in [0, 0.1) is 5.92 Å². The van der Waals surface area contributed by atoms with E-state index in [4.69, 9.17) is 9.47 Å². The molecule has 0 saturated heterocycles. The zero-order valence-electron chi connectivity index (χ0n) is 11.9. The number of allylic oxidation sites excluding steroid dienone is 3. The van der Waals surface area contributed by atoms with Gasteiger partial charge < -0.3 is 9.47 Å². The lowest BCUT2D eigenvalue weighted by atomic mass is 9.88. The number of benzene rings is 1. The van der Waals surface area contributed by atoms with Gasteiger partial charge in [-0.15, -0.1) is 0 Å². The standard InChI is InChI=1S/C17H18O3S/c1-19-12-6-8-16-14(9-12)17(18)15(10-20-16)11-3-2-4-13(21)7-5-11/h2-3,5-6,8-9,13,15,21H,4,7,10H2,1H3. The van der Waals surface area contributed by atoms with E-state index in [9.17, 15) is 4.79 Å². The van der Waals surface area contributed by atoms with Gasteiger partial charge in [0.15, 0.2) is 5.78 Å². The lowest BCUT2D eigenvalue weighted by Crippen LogP contribution is -2.29. The average molecular weight is 302 g/mol. The monoisotopic (exact) mass is 302 g/mol. The number of carbonyl (C=O) groups excluding carboxylic acids is 1. The van der Waals surface area contributed by atoms with Crippen LogP contribution in [0.1, 0.15) is 23.2 Å². The summed E-state index contributed by atoms with van der Waals surface area (Å²) in [6.07, 6.45) is 8.03. The first-order chi connectivity index (χ1) is 10.2. The fourth-order valence-corrected chi connectivity index (χ4v) is 2.92. The fourth-order valence-electron chi connectivity index (χ4n) is 2.69. The van der Waals surface area contributed by atoms with Crippen LogP contribution in [0.5, 0.6) is 11.5 Å². The van der Waals surface area contributed by atoms with E-state index in [1.165, 1.54) is 0 Å². The van der Waals surface area contributed by atoms with Gasteiger partial charge in [-0.2, -0.15) is 12.6 Å². The molecule has 2 unspecified atom stereocenters. The molecule has 0 fully saturated rings. The Kier molecular flexibility index (Phi) is 4.06. The molecule has 0 aromatic heterocycles. The highest BCUT2D eigenvalue weighted by Gasteiger charge is 2.31. The van der Waals surface area contributed by atoms with Crippen molar-refractivity contribution in [3.63, 3.8) is 0 Å². The molecule has 0 spiro atoms. The van der Waals surface area contributed by atoms with Crippen LogP contribution < -0.4 is 9.47 Å². The van der Waals surface area contributed by atoms with E-state index in [2.05, 4.69) is 24.8 Å². The summed E-state index contributed by atoms with van der Waals surface area (Å²) in [5.41, 5.74) is 1.64. The Balaban J connectivity index is 1.91. The second-order valence-corrected chi connectivity index (χ2v) is 6.05. The smallest absolute Gasteiger partial charge is 0.177 e. The molecule has 3 nitrogen and oxygen atoms in total. The van der Waals surface area contributed by atoms with Gasteiger partial charge in [-0.25, -0.2) is 0 Å². The minimum Gasteiger partial charge on any atom is -0.497 e. The van der Waals surface area contributed by atoms with Crippen LogP contribution >= 0.6 is 12.6 Å². The highest BCUT2D eigenvalue weighted by Crippen LogP contribution is 2.34. The van der Waals surface area contributed by atoms with E-state index < -0.39 is 0 Å². The number of thiol groups is 1. The molecule has 0 N–H and O–H groups in total. The quantitative estimate of drug-likeness (QED) is 0.850. The minimum atomic E-state index is -0.237. The van der Waals surface area contributed by atoms with Crippen molar-refractivity contribution >= 4 is 18.4 Å². The largest absolute Gasteiger partial charge is 0.497 e. The maximum absolute atomic E-state index is 12.7. The highest BCUT2D eigenvalue weighted by atomic mass is 32.1. The summed E-state index contributed by atoms with van der Waals surface area (Å²) in [6.45, 7) is 0.394. The van der Waals surface area contributed by atoms with Crippen LogP contribution in [-0.4, -0.2) is 24.7 Å². The summed E-state index contributed by atoms with van der Waals surface area (Å²) >= 11 is 4.50. The predicted octanol–water partition coefficient (Wildman–Crippen LogP) is 3.46. The third kappa shape index (κ3) is 2.86. The Morgan fingerprint density at radius 1 is 1.33 bits per heavy atom. The normalized spacial score (nSPS) is 24.7. The number of Topliss-reactive ketones (excluding diaryl/α,β-unsaturated/α-hetero) is 1. The van der Waals surface area contributed by atoms with Gasteiger partial charge in [-0.3, -0.25) is 4.79 Å². The fraction of sp³-hybridized carbons (Fsp3) is 0.353. The number of hydrogen-bond acceptors (Lipinski definition) is 4. The molecule has 0 radical (unpaired) electrons. The summed E-state index contributed by atoms with van der Waals surface area (Å²) in [6, 6.07) is 5.36. The first-order valence-electron chi connectivity index (χ1n) is 7.08. The van der Waals surface area contributed by atoms with Crippen molar-refractivity contribution in [2.24, 2.45) is 5.92 Å². The van der Waals surface area contributed by atoms with Crippen molar-refractivity contribution in [2.75, 3.05) is 13.7 Å². The van der Waals surface area contributed by atoms with Crippen molar-refractivity contribution in [3.8, 4) is 11.5 Å². The molecule has 0 bridgehead atoms. The minimum absolute atomic E-state index is 0.101. The third-order valence-corrected chi connectivity index (χ3v) is 4.34. The summed E-state index contributed by atoms with van der Waals surface area (Å²) < 4.78 is 11.0. The van der Waals surface area contributed by atoms with Crippen molar-refractivity contribution in [1.29, 1.82) is 0 Å². The Hall–Kier alpha value is -1.68. The summed E-state index contributed by atoms with van der Waals surface area (Å²) in [5.74, 6) is 1.18. The Morgan fingerprint density at radius 2 is 2.19 bits per heavy atom. The van der Waals surface area contributed by atoms with Crippen LogP contribution in [0.4, 0.5) is 0 Å². The summed E-state index contributed by atoms with van der Waals surface area (Å²) in [4.78, 5) is 12.7. The van der Waals surface area contributed by atoms with Gasteiger partial charge in [0.1, 0.15) is 18.1 Å². The molecular weight excluding hydrogens is 284 g/mol. The lowest BCUT2D eigenvalue weighted by Gasteiger charge is -2.25. The Morgan fingerprint density at radius 3 is 3.00 bits per heavy atom. The number of fused-ring (bicyclic) bond motifs is 1. The average Bonchev–Trinajstić information content (AvgIpc) is 2.72. The van der Waals surface area contributed by atoms with Gasteiger partial charge in [0.25, 0.3) is 0 Å². The van der Waals surface area contributed by atoms with Crippen LogP contribution in [0.2, 0.25) is 0 Å². The molecule has 110 valence electrons. The van der Waals surface area contributed by atoms with Gasteiger partial charge >= 0.3 is 0 Å². The van der Waals surface area contributed by atoms with Crippen LogP contribution in [-0.2, 0) is 0 Å². The molecule has 0 saturated carbocycles. The van der Waals surface area contributed by atoms with Crippen molar-refractivity contribution in [1.82, 2.24) is 0 Å². The summed E-state index contributed by atoms with van der Waals surface area (Å²) in [7, 11) is 1.59. The number of ketones is 1. The molecule has 1 aliphatic heterocycles. The second-order valence-electron chi connectivity index (χ2n) is 5.32. The first-order valence-corrected chi connectivity index (χ1v) is 7.60. The molecule has 21 heavy (non-hydrogen) atoms. The second kappa shape index (κ2) is 5.98. The number of carbonyl (C=O) groups is 1. The molecule has 0 amide bonds. The van der Waals surface area contributed by atoms with Gasteiger partial charge in [0.05, 0.1) is 18.6 Å². The van der Waals surface area contributed by atoms with Gasteiger partial charge in [-0.05, 0) is 36.6 Å². The lowest BCUT2D eigenvalue weighted by molar-refractivity contribution is 0.0866. The van der Waals surface area contributed by atoms with E-state index >= 15 is 0 Å². The van der Waals surface area contributed by atoms with E-state index in [0.29, 0.717) is 28.9 Å². The van der Waals surface area contributed by atoms with Crippen LogP contribution in [0.3, 0.4) is 0 Å². The zero-order chi connectivity index (χ0) is 14.8. The highest BCUT2D eigenvalue weighted by molar-refractivity contribution is 7.80. The Bertz CT molecular complexity index is 618. The number of rotatable bonds is 2. The third-order valence-electron chi connectivity index (χ3n) is 3.92. The molecule has 1 aliphatic carbocycles. The van der Waals surface area contributed by atoms with E-state index in [-0.39, 0.29) is 11.7 Å². The van der Waals surface area contributed by atoms with Crippen LogP contribution in [0.15, 0.2) is 42.0 Å². The molecule has 1 aromatic carbocycles. The molecule has 4 heteroatoms. The van der Waals surface area contributed by atoms with Gasteiger partial charge in [-0.1, -0.05) is 18.2 Å². The van der Waals surface area contributed by atoms with Gasteiger partial charge in [0.2, 0.25) is 0 Å². The number of methoxy groups -OCH3 is 1. The maximum atomic E-state index is 12.7. The van der Waals surface area contributed by atoms with Crippen molar-refractivity contribution < 1.29 is 14.3 Å². The zero-order valence-corrected chi connectivity index (χ0v) is 12.8. The SMILES string of the molecule is COc1ccc2c(c1)C(=O)C(C1=CCC(S)CC=C1)CO2. The number of hydrogen-bond donors (Lipinski definition) is 1. The maximum Gasteiger partial charge on any atom is 0.177 e. The Labute approximate surface area is 130 Å². The van der Waals surface area contributed by atoms with Crippen molar-refractivity contribution in [3.05, 3.63) is 47.6 Å². The van der Waals surface area contributed by atoms with E-state index in [1.54, 1.807) is 19.2 Å². The molecule has 1 heterocycles. The number of ether oxygens (including phenoxy) is 2. The van der Waals surface area contributed by atoms with Gasteiger partial charge in [0, 0.05) is 5.25 Å². The van der Waals surface area contributed by atoms with E-state index in [0.717, 1.165) is 18.4 Å². The van der Waals surface area contributed by atoms with E-state index in [1.807, 2.05) is 12.1 Å². The predicted molar refractivity (Wildman–Crippen MR) is 85.5 cm³/mol. The molecule has 2 atom stereocenters.